The van der Waals surface area contributed by atoms with E-state index in [2.05, 4.69) is 0 Å². The summed E-state index contributed by atoms with van der Waals surface area (Å²) >= 11 is 0. The Kier molecular flexibility index (Phi) is 3.74. The van der Waals surface area contributed by atoms with Gasteiger partial charge in [0.15, 0.2) is 0 Å². The summed E-state index contributed by atoms with van der Waals surface area (Å²) in [5, 5.41) is 0. The van der Waals surface area contributed by atoms with Gasteiger partial charge < -0.3 is 9.64 Å². The summed E-state index contributed by atoms with van der Waals surface area (Å²) in [7, 11) is 0. The summed E-state index contributed by atoms with van der Waals surface area (Å²) in [6.07, 6.45) is 4.88. The van der Waals surface area contributed by atoms with Crippen molar-refractivity contribution in [3.05, 3.63) is 0 Å². The highest BCUT2D eigenvalue weighted by molar-refractivity contribution is 5.86. The van der Waals surface area contributed by atoms with Crippen molar-refractivity contribution in [1.29, 1.82) is 0 Å². The zero-order valence-corrected chi connectivity index (χ0v) is 12.5. The average Bonchev–Trinajstić information content (AvgIpc) is 2.85. The molecule has 0 spiro atoms. The quantitative estimate of drug-likeness (QED) is 0.699. The van der Waals surface area contributed by atoms with Crippen LogP contribution >= 0.6 is 0 Å². The molecule has 2 bridgehead atoms. The maximum Gasteiger partial charge on any atom is 0.325 e. The Morgan fingerprint density at radius 2 is 1.80 bits per heavy atom. The van der Waals surface area contributed by atoms with Crippen molar-refractivity contribution in [1.82, 2.24) is 4.90 Å². The first-order valence-corrected chi connectivity index (χ1v) is 8.11. The first kappa shape index (κ1) is 13.9. The minimum atomic E-state index is -0.275. The van der Waals surface area contributed by atoms with Crippen molar-refractivity contribution in [2.75, 3.05) is 19.7 Å². The molecule has 0 saturated heterocycles. The van der Waals surface area contributed by atoms with Crippen LogP contribution in [0.2, 0.25) is 0 Å². The van der Waals surface area contributed by atoms with Crippen molar-refractivity contribution < 1.29 is 14.3 Å². The molecule has 3 saturated carbocycles. The van der Waals surface area contributed by atoms with E-state index in [-0.39, 0.29) is 24.3 Å². The van der Waals surface area contributed by atoms with E-state index in [0.717, 1.165) is 18.3 Å². The van der Waals surface area contributed by atoms with E-state index in [9.17, 15) is 9.59 Å². The molecule has 4 nitrogen and oxygen atoms in total. The second-order valence-corrected chi connectivity index (χ2v) is 6.58. The zero-order valence-electron chi connectivity index (χ0n) is 12.5. The van der Waals surface area contributed by atoms with Gasteiger partial charge in [-0.05, 0) is 56.3 Å². The monoisotopic (exact) mass is 279 g/mol. The summed E-state index contributed by atoms with van der Waals surface area (Å²) in [5.41, 5.74) is 0. The molecule has 3 aliphatic rings. The van der Waals surface area contributed by atoms with Gasteiger partial charge in [0.25, 0.3) is 0 Å². The van der Waals surface area contributed by atoms with Gasteiger partial charge in [-0.15, -0.1) is 0 Å². The Morgan fingerprint density at radius 3 is 2.35 bits per heavy atom. The molecule has 0 radical (unpaired) electrons. The number of hydrogen-bond acceptors (Lipinski definition) is 3. The molecule has 20 heavy (non-hydrogen) atoms. The normalized spacial score (nSPS) is 36.6. The molecular weight excluding hydrogens is 254 g/mol. The first-order chi connectivity index (χ1) is 9.67. The van der Waals surface area contributed by atoms with Crippen LogP contribution in [0.15, 0.2) is 0 Å². The molecule has 3 rings (SSSR count). The van der Waals surface area contributed by atoms with Gasteiger partial charge in [-0.1, -0.05) is 6.92 Å². The summed E-state index contributed by atoms with van der Waals surface area (Å²) in [6.45, 7) is 5.02. The highest BCUT2D eigenvalue weighted by atomic mass is 16.5. The van der Waals surface area contributed by atoms with Crippen LogP contribution in [0.5, 0.6) is 0 Å². The van der Waals surface area contributed by atoms with Gasteiger partial charge in [-0.25, -0.2) is 0 Å². The van der Waals surface area contributed by atoms with Crippen molar-refractivity contribution in [3.63, 3.8) is 0 Å². The second-order valence-electron chi connectivity index (χ2n) is 6.58. The molecule has 4 unspecified atom stereocenters. The lowest BCUT2D eigenvalue weighted by atomic mass is 10.0. The summed E-state index contributed by atoms with van der Waals surface area (Å²) in [6, 6.07) is 0. The number of carbonyl (C=O) groups excluding carboxylic acids is 2. The van der Waals surface area contributed by atoms with E-state index in [1.165, 1.54) is 19.3 Å². The summed E-state index contributed by atoms with van der Waals surface area (Å²) in [5.74, 6) is 3.04. The number of amides is 1. The minimum absolute atomic E-state index is 0.131. The lowest BCUT2D eigenvalue weighted by Gasteiger charge is -2.22. The summed E-state index contributed by atoms with van der Waals surface area (Å²) < 4.78 is 4.98. The number of hydrogen-bond donors (Lipinski definition) is 0. The van der Waals surface area contributed by atoms with Gasteiger partial charge >= 0.3 is 5.97 Å². The number of nitrogens with zero attached hydrogens (tertiary/aromatic N) is 1. The molecule has 0 aromatic heterocycles. The lowest BCUT2D eigenvalue weighted by molar-refractivity contribution is -0.149. The van der Waals surface area contributed by atoms with Gasteiger partial charge in [-0.2, -0.15) is 0 Å². The van der Waals surface area contributed by atoms with Crippen LogP contribution in [0.25, 0.3) is 0 Å². The standard InChI is InChI=1S/C16H25NO3/c1-3-7-17(9-12(18)20-4-2)16(19)15-13-10-5-6-11(8-10)14(13)15/h10-11,13-15H,3-9H2,1-2H3. The van der Waals surface area contributed by atoms with Gasteiger partial charge in [0.05, 0.1) is 6.61 Å². The van der Waals surface area contributed by atoms with Crippen LogP contribution in [-0.4, -0.2) is 36.5 Å². The highest BCUT2D eigenvalue weighted by Gasteiger charge is 2.67. The van der Waals surface area contributed by atoms with Gasteiger partial charge in [0.1, 0.15) is 6.54 Å². The van der Waals surface area contributed by atoms with E-state index in [1.807, 2.05) is 6.92 Å². The molecule has 3 fully saturated rings. The predicted octanol–water partition coefficient (Wildman–Crippen LogP) is 2.08. The van der Waals surface area contributed by atoms with Crippen LogP contribution in [0.4, 0.5) is 0 Å². The molecule has 3 aliphatic carbocycles. The largest absolute Gasteiger partial charge is 0.465 e. The third kappa shape index (κ3) is 2.23. The van der Waals surface area contributed by atoms with E-state index in [1.54, 1.807) is 11.8 Å². The van der Waals surface area contributed by atoms with Crippen molar-refractivity contribution in [3.8, 4) is 0 Å². The maximum atomic E-state index is 12.7. The van der Waals surface area contributed by atoms with Crippen LogP contribution in [0.1, 0.15) is 39.5 Å². The third-order valence-electron chi connectivity index (χ3n) is 5.45. The molecule has 112 valence electrons. The van der Waals surface area contributed by atoms with Crippen LogP contribution in [0, 0.1) is 29.6 Å². The second kappa shape index (κ2) is 5.38. The number of fused-ring (bicyclic) bond motifs is 5. The fraction of sp³-hybridized carbons (Fsp3) is 0.875. The smallest absolute Gasteiger partial charge is 0.325 e. The number of ether oxygens (including phenoxy) is 1. The van der Waals surface area contributed by atoms with Gasteiger partial charge in [-0.3, -0.25) is 9.59 Å². The van der Waals surface area contributed by atoms with Crippen molar-refractivity contribution >= 4 is 11.9 Å². The van der Waals surface area contributed by atoms with Crippen molar-refractivity contribution in [2.45, 2.75) is 39.5 Å². The average molecular weight is 279 g/mol. The molecule has 0 aliphatic heterocycles. The molecule has 1 amide bonds. The molecule has 0 heterocycles. The Morgan fingerprint density at radius 1 is 1.15 bits per heavy atom. The number of esters is 1. The van der Waals surface area contributed by atoms with E-state index >= 15 is 0 Å². The number of rotatable bonds is 6. The number of carbonyl (C=O) groups is 2. The fourth-order valence-electron chi connectivity index (χ4n) is 4.77. The maximum absolute atomic E-state index is 12.7. The van der Waals surface area contributed by atoms with E-state index in [4.69, 9.17) is 4.74 Å². The van der Waals surface area contributed by atoms with Crippen LogP contribution in [-0.2, 0) is 14.3 Å². The first-order valence-electron chi connectivity index (χ1n) is 8.11. The SMILES string of the molecule is CCCN(CC(=O)OCC)C(=O)C1C2C3CCC(C3)C12. The van der Waals surface area contributed by atoms with Crippen LogP contribution < -0.4 is 0 Å². The van der Waals surface area contributed by atoms with E-state index in [0.29, 0.717) is 25.0 Å². The zero-order chi connectivity index (χ0) is 14.3. The molecule has 4 heteroatoms. The Hall–Kier alpha value is -1.06. The topological polar surface area (TPSA) is 46.6 Å². The molecule has 0 aromatic rings. The molecular formula is C16H25NO3. The lowest BCUT2D eigenvalue weighted by Crippen LogP contribution is -2.39. The Balaban J connectivity index is 1.60. The minimum Gasteiger partial charge on any atom is -0.465 e. The molecule has 0 N–H and O–H groups in total. The third-order valence-corrected chi connectivity index (χ3v) is 5.45. The van der Waals surface area contributed by atoms with E-state index < -0.39 is 0 Å². The summed E-state index contributed by atoms with van der Waals surface area (Å²) in [4.78, 5) is 26.1. The molecule has 0 aromatic carbocycles. The van der Waals surface area contributed by atoms with Gasteiger partial charge in [0.2, 0.25) is 5.91 Å². The van der Waals surface area contributed by atoms with Crippen LogP contribution in [0.3, 0.4) is 0 Å². The van der Waals surface area contributed by atoms with Crippen molar-refractivity contribution in [2.24, 2.45) is 29.6 Å². The highest BCUT2D eigenvalue weighted by Crippen LogP contribution is 2.69. The van der Waals surface area contributed by atoms with Gasteiger partial charge in [0, 0.05) is 12.5 Å². The predicted molar refractivity (Wildman–Crippen MR) is 74.8 cm³/mol. The Bertz CT molecular complexity index is 393. The Labute approximate surface area is 120 Å². The molecule has 4 atom stereocenters. The fourth-order valence-corrected chi connectivity index (χ4v) is 4.77.